The summed E-state index contributed by atoms with van der Waals surface area (Å²) in [6, 6.07) is 7.88. The van der Waals surface area contributed by atoms with Crippen LogP contribution >= 0.6 is 0 Å². The van der Waals surface area contributed by atoms with Crippen molar-refractivity contribution in [1.29, 1.82) is 0 Å². The zero-order valence-corrected chi connectivity index (χ0v) is 9.52. The van der Waals surface area contributed by atoms with E-state index in [9.17, 15) is 4.79 Å². The zero-order valence-electron chi connectivity index (χ0n) is 9.52. The topological polar surface area (TPSA) is 49.6 Å². The molecular weight excluding hydrogens is 201 g/mol. The van der Waals surface area contributed by atoms with E-state index in [0.29, 0.717) is 0 Å². The number of carbonyl (C=O) groups is 1. The van der Waals surface area contributed by atoms with Gasteiger partial charge in [-0.15, -0.1) is 0 Å². The van der Waals surface area contributed by atoms with Gasteiger partial charge in [-0.3, -0.25) is 4.79 Å². The maximum absolute atomic E-state index is 11.2. The second kappa shape index (κ2) is 4.47. The third-order valence-corrected chi connectivity index (χ3v) is 2.96. The molecule has 1 aliphatic rings. The number of hydrogen-bond acceptors (Lipinski definition) is 3. The quantitative estimate of drug-likeness (QED) is 0.537. The van der Waals surface area contributed by atoms with Gasteiger partial charge in [0.2, 0.25) is 7.85 Å². The molecule has 1 fully saturated rings. The largest absolute Gasteiger partial charge is 0.399 e. The number of benzene rings is 1. The van der Waals surface area contributed by atoms with Crippen molar-refractivity contribution in [3.63, 3.8) is 0 Å². The number of nitrogens with zero attached hydrogens (tertiary/aromatic N) is 2. The van der Waals surface area contributed by atoms with Gasteiger partial charge < -0.3 is 15.5 Å². The molecule has 1 aliphatic heterocycles. The smallest absolute Gasteiger partial charge is 0.215 e. The number of carbonyl (C=O) groups excluding carboxylic acids is 1. The molecule has 1 heterocycles. The van der Waals surface area contributed by atoms with Gasteiger partial charge in [-0.1, -0.05) is 6.07 Å². The Kier molecular flexibility index (Phi) is 3.03. The minimum absolute atomic E-state index is 0.159. The second-order valence-electron chi connectivity index (χ2n) is 4.09. The zero-order chi connectivity index (χ0) is 11.5. The molecule has 1 aromatic rings. The van der Waals surface area contributed by atoms with Crippen molar-refractivity contribution < 1.29 is 4.79 Å². The van der Waals surface area contributed by atoms with Crippen molar-refractivity contribution in [3.05, 3.63) is 24.3 Å². The highest BCUT2D eigenvalue weighted by atomic mass is 16.1. The first-order valence-corrected chi connectivity index (χ1v) is 5.53. The minimum Gasteiger partial charge on any atom is -0.399 e. The van der Waals surface area contributed by atoms with Crippen LogP contribution in [0.3, 0.4) is 0 Å². The fourth-order valence-corrected chi connectivity index (χ4v) is 2.00. The average molecular weight is 217 g/mol. The highest BCUT2D eigenvalue weighted by Gasteiger charge is 2.18. The van der Waals surface area contributed by atoms with Gasteiger partial charge in [-0.05, 0) is 18.2 Å². The minimum atomic E-state index is 0.159. The molecule has 0 spiro atoms. The van der Waals surface area contributed by atoms with E-state index in [1.807, 2.05) is 23.1 Å². The third-order valence-electron chi connectivity index (χ3n) is 2.96. The SMILES string of the molecule is BC(=O)N1CCN(c2cccc(N)c2)CC1. The van der Waals surface area contributed by atoms with Crippen LogP contribution in [-0.4, -0.2) is 44.7 Å². The van der Waals surface area contributed by atoms with E-state index < -0.39 is 0 Å². The molecule has 5 heteroatoms. The summed E-state index contributed by atoms with van der Waals surface area (Å²) in [5, 5.41) is 0. The maximum atomic E-state index is 11.2. The lowest BCUT2D eigenvalue weighted by molar-refractivity contribution is 0.218. The Morgan fingerprint density at radius 2 is 1.94 bits per heavy atom. The number of nitrogens with two attached hydrogens (primary N) is 1. The summed E-state index contributed by atoms with van der Waals surface area (Å²) in [5.74, 6) is 0.159. The number of piperazine rings is 1. The molecule has 0 aromatic heterocycles. The molecule has 1 saturated heterocycles. The lowest BCUT2D eigenvalue weighted by Gasteiger charge is -2.36. The van der Waals surface area contributed by atoms with Crippen LogP contribution < -0.4 is 10.6 Å². The van der Waals surface area contributed by atoms with Gasteiger partial charge >= 0.3 is 0 Å². The molecule has 0 bridgehead atoms. The standard InChI is InChI=1S/C11H16BN3O/c12-11(16)15-6-4-14(5-7-15)10-3-1-2-9(13)8-10/h1-3,8H,4-7,12-13H2. The first-order valence-electron chi connectivity index (χ1n) is 5.53. The van der Waals surface area contributed by atoms with Crippen LogP contribution in [0.5, 0.6) is 0 Å². The summed E-state index contributed by atoms with van der Waals surface area (Å²) in [6.07, 6.45) is 0. The van der Waals surface area contributed by atoms with Crippen molar-refractivity contribution in [1.82, 2.24) is 4.90 Å². The molecule has 1 aromatic carbocycles. The van der Waals surface area contributed by atoms with Gasteiger partial charge in [0.05, 0.1) is 0 Å². The van der Waals surface area contributed by atoms with Crippen LogP contribution in [0.1, 0.15) is 0 Å². The Morgan fingerprint density at radius 1 is 1.25 bits per heavy atom. The Balaban J connectivity index is 2.01. The van der Waals surface area contributed by atoms with Crippen molar-refractivity contribution in [2.24, 2.45) is 0 Å². The lowest BCUT2D eigenvalue weighted by Crippen LogP contribution is -2.48. The second-order valence-corrected chi connectivity index (χ2v) is 4.09. The predicted octanol–water partition coefficient (Wildman–Crippen LogP) is 0.144. The van der Waals surface area contributed by atoms with E-state index in [4.69, 9.17) is 5.73 Å². The summed E-state index contributed by atoms with van der Waals surface area (Å²) in [6.45, 7) is 3.35. The van der Waals surface area contributed by atoms with Gasteiger partial charge in [0.15, 0.2) is 5.81 Å². The van der Waals surface area contributed by atoms with Crippen molar-refractivity contribution in [2.75, 3.05) is 36.8 Å². The highest BCUT2D eigenvalue weighted by molar-refractivity contribution is 6.56. The van der Waals surface area contributed by atoms with E-state index in [0.717, 1.165) is 37.6 Å². The van der Waals surface area contributed by atoms with Gasteiger partial charge in [0, 0.05) is 37.6 Å². The van der Waals surface area contributed by atoms with E-state index >= 15 is 0 Å². The maximum Gasteiger partial charge on any atom is 0.215 e. The molecular formula is C11H16BN3O. The van der Waals surface area contributed by atoms with Crippen molar-refractivity contribution in [2.45, 2.75) is 0 Å². The van der Waals surface area contributed by atoms with Gasteiger partial charge in [-0.25, -0.2) is 0 Å². The average Bonchev–Trinajstić information content (AvgIpc) is 2.29. The first-order chi connectivity index (χ1) is 7.66. The molecule has 2 rings (SSSR count). The lowest BCUT2D eigenvalue weighted by atomic mass is 10.1. The Labute approximate surface area is 96.4 Å². The van der Waals surface area contributed by atoms with Crippen LogP contribution in [0.25, 0.3) is 0 Å². The molecule has 84 valence electrons. The van der Waals surface area contributed by atoms with E-state index in [1.165, 1.54) is 0 Å². The Hall–Kier alpha value is -1.65. The molecule has 0 saturated carbocycles. The van der Waals surface area contributed by atoms with Crippen LogP contribution in [0, 0.1) is 0 Å². The molecule has 1 amide bonds. The first kappa shape index (κ1) is 10.9. The summed E-state index contributed by atoms with van der Waals surface area (Å²) >= 11 is 0. The molecule has 0 unspecified atom stereocenters. The fourth-order valence-electron chi connectivity index (χ4n) is 2.00. The number of amides is 1. The van der Waals surface area contributed by atoms with Gasteiger partial charge in [0.1, 0.15) is 0 Å². The number of nitrogen functional groups attached to an aromatic ring is 1. The van der Waals surface area contributed by atoms with Crippen LogP contribution in [-0.2, 0) is 0 Å². The normalized spacial score (nSPS) is 16.2. The Bertz CT molecular complexity index is 389. The van der Waals surface area contributed by atoms with Gasteiger partial charge in [-0.2, -0.15) is 0 Å². The van der Waals surface area contributed by atoms with E-state index in [1.54, 1.807) is 7.85 Å². The van der Waals surface area contributed by atoms with Gasteiger partial charge in [0.25, 0.3) is 0 Å². The summed E-state index contributed by atoms with van der Waals surface area (Å²) in [7, 11) is 1.62. The molecule has 0 atom stereocenters. The van der Waals surface area contributed by atoms with Crippen LogP contribution in [0.15, 0.2) is 24.3 Å². The third kappa shape index (κ3) is 2.29. The van der Waals surface area contributed by atoms with E-state index in [-0.39, 0.29) is 5.81 Å². The van der Waals surface area contributed by atoms with Crippen LogP contribution in [0.4, 0.5) is 16.2 Å². The molecule has 2 N–H and O–H groups in total. The monoisotopic (exact) mass is 217 g/mol. The molecule has 16 heavy (non-hydrogen) atoms. The molecule has 4 nitrogen and oxygen atoms in total. The van der Waals surface area contributed by atoms with E-state index in [2.05, 4.69) is 11.0 Å². The van der Waals surface area contributed by atoms with Crippen LogP contribution in [0.2, 0.25) is 0 Å². The summed E-state index contributed by atoms with van der Waals surface area (Å²) in [5.41, 5.74) is 7.68. The summed E-state index contributed by atoms with van der Waals surface area (Å²) in [4.78, 5) is 15.3. The number of rotatable bonds is 1. The number of anilines is 2. The Morgan fingerprint density at radius 3 is 2.50 bits per heavy atom. The van der Waals surface area contributed by atoms with Crippen molar-refractivity contribution in [3.8, 4) is 0 Å². The fraction of sp³-hybridized carbons (Fsp3) is 0.364. The summed E-state index contributed by atoms with van der Waals surface area (Å²) < 4.78 is 0. The molecule has 0 aliphatic carbocycles. The molecule has 0 radical (unpaired) electrons. The number of hydrogen-bond donors (Lipinski definition) is 1. The predicted molar refractivity (Wildman–Crippen MR) is 68.6 cm³/mol. The highest BCUT2D eigenvalue weighted by Crippen LogP contribution is 2.18. The van der Waals surface area contributed by atoms with Crippen molar-refractivity contribution >= 4 is 25.0 Å².